The molecule has 0 bridgehead atoms. The summed E-state index contributed by atoms with van der Waals surface area (Å²) in [5.41, 5.74) is 2.28. The third kappa shape index (κ3) is 5.06. The third-order valence-electron chi connectivity index (χ3n) is 8.98. The fraction of sp³-hybridized carbons (Fsp3) is 0.581. The van der Waals surface area contributed by atoms with Gasteiger partial charge in [-0.3, -0.25) is 14.4 Å². The molecule has 3 heterocycles. The molecule has 2 aromatic rings. The maximum atomic E-state index is 14.0. The summed E-state index contributed by atoms with van der Waals surface area (Å²) < 4.78 is 0. The van der Waals surface area contributed by atoms with Crippen LogP contribution in [-0.2, 0) is 19.9 Å². The second-order valence-corrected chi connectivity index (χ2v) is 12.1. The van der Waals surface area contributed by atoms with Crippen LogP contribution < -0.4 is 5.32 Å². The van der Waals surface area contributed by atoms with Gasteiger partial charge in [0, 0.05) is 36.1 Å². The topological polar surface area (TPSA) is 117 Å². The van der Waals surface area contributed by atoms with Crippen molar-refractivity contribution in [2.75, 3.05) is 6.54 Å². The van der Waals surface area contributed by atoms with E-state index in [1.807, 2.05) is 26.0 Å². The van der Waals surface area contributed by atoms with Crippen LogP contribution in [0.2, 0.25) is 0 Å². The van der Waals surface area contributed by atoms with E-state index in [9.17, 15) is 14.4 Å². The van der Waals surface area contributed by atoms with E-state index in [1.54, 1.807) is 17.3 Å². The van der Waals surface area contributed by atoms with Gasteiger partial charge in [0.2, 0.25) is 11.8 Å². The van der Waals surface area contributed by atoms with Crippen molar-refractivity contribution in [3.05, 3.63) is 41.5 Å². The number of carbonyl (C=O) groups excluding carboxylic acids is 3. The summed E-state index contributed by atoms with van der Waals surface area (Å²) in [5, 5.41) is 11.9. The molecule has 212 valence electrons. The number of aryl methyl sites for hydroxylation is 2. The van der Waals surface area contributed by atoms with Crippen LogP contribution >= 0.6 is 0 Å². The third-order valence-corrected chi connectivity index (χ3v) is 8.98. The van der Waals surface area contributed by atoms with Gasteiger partial charge >= 0.3 is 0 Å². The van der Waals surface area contributed by atoms with Crippen molar-refractivity contribution in [1.29, 1.82) is 0 Å². The van der Waals surface area contributed by atoms with E-state index >= 15 is 0 Å². The Morgan fingerprint density at radius 2 is 1.75 bits per heavy atom. The normalized spacial score (nSPS) is 26.0. The lowest BCUT2D eigenvalue weighted by Crippen LogP contribution is -2.50. The summed E-state index contributed by atoms with van der Waals surface area (Å²) in [6.07, 6.45) is 10.4. The number of aromatic nitrogens is 2. The number of nitrogens with zero attached hydrogens (tertiary/aromatic N) is 5. The quantitative estimate of drug-likeness (QED) is 0.375. The Labute approximate surface area is 236 Å². The maximum Gasteiger partial charge on any atom is 0.242 e. The van der Waals surface area contributed by atoms with Gasteiger partial charge in [-0.05, 0) is 68.7 Å². The molecule has 0 radical (unpaired) electrons. The van der Waals surface area contributed by atoms with Gasteiger partial charge in [-0.15, -0.1) is 0 Å². The van der Waals surface area contributed by atoms with E-state index in [0.29, 0.717) is 30.0 Å². The number of hydrogen-bond acceptors (Lipinski definition) is 7. The van der Waals surface area contributed by atoms with Gasteiger partial charge in [-0.1, -0.05) is 39.5 Å². The van der Waals surface area contributed by atoms with Crippen molar-refractivity contribution in [2.45, 2.75) is 104 Å². The van der Waals surface area contributed by atoms with Crippen LogP contribution in [0.25, 0.3) is 11.1 Å². The van der Waals surface area contributed by atoms with Gasteiger partial charge in [0.05, 0.1) is 12.1 Å². The molecule has 0 spiro atoms. The Morgan fingerprint density at radius 3 is 2.45 bits per heavy atom. The van der Waals surface area contributed by atoms with Crippen molar-refractivity contribution < 1.29 is 14.4 Å². The Morgan fingerprint density at radius 1 is 1.02 bits per heavy atom. The summed E-state index contributed by atoms with van der Waals surface area (Å²) in [7, 11) is 0. The second kappa shape index (κ2) is 10.8. The van der Waals surface area contributed by atoms with E-state index in [2.05, 4.69) is 39.4 Å². The highest BCUT2D eigenvalue weighted by Crippen LogP contribution is 2.60. The van der Waals surface area contributed by atoms with Crippen LogP contribution in [-0.4, -0.2) is 51.1 Å². The number of hydrogen-bond donors (Lipinski definition) is 1. The monoisotopic (exact) mass is 544 g/mol. The predicted octanol–water partition coefficient (Wildman–Crippen LogP) is 5.50. The first kappa shape index (κ1) is 28.1. The lowest BCUT2D eigenvalue weighted by molar-refractivity contribution is -0.142. The molecule has 2 fully saturated rings. The largest absolute Gasteiger partial charge is 0.354 e. The highest BCUT2D eigenvalue weighted by molar-refractivity contribution is 5.98. The van der Waals surface area contributed by atoms with Gasteiger partial charge in [0.25, 0.3) is 0 Å². The average Bonchev–Trinajstić information content (AvgIpc) is 3.27. The molecule has 4 atom stereocenters. The summed E-state index contributed by atoms with van der Waals surface area (Å²) in [5.74, 6) is 0.104. The Balaban J connectivity index is 1.38. The van der Waals surface area contributed by atoms with E-state index < -0.39 is 11.6 Å². The number of fused-ring (bicyclic) bond motifs is 2. The SMILES string of the molecule is CCCCCCCNC(=O)[C@@H]1C[C@@]2(C)C[C@H]2N1C(=O)CC1(C(C)=O)N=Nc2c(C)cc(-c3cnc(C)nc3)cc21. The molecule has 1 N–H and O–H groups in total. The molecule has 9 nitrogen and oxygen atoms in total. The maximum absolute atomic E-state index is 14.0. The highest BCUT2D eigenvalue weighted by atomic mass is 16.2. The summed E-state index contributed by atoms with van der Waals surface area (Å²) >= 11 is 0. The van der Waals surface area contributed by atoms with Crippen LogP contribution in [0.5, 0.6) is 0 Å². The molecule has 3 aliphatic rings. The number of Topliss-reactive ketones (excluding diaryl/α,β-unsaturated/α-hetero) is 1. The molecule has 2 aliphatic heterocycles. The molecule has 1 aromatic carbocycles. The van der Waals surface area contributed by atoms with Gasteiger partial charge in [-0.25, -0.2) is 9.97 Å². The van der Waals surface area contributed by atoms with Crippen LogP contribution in [0.3, 0.4) is 0 Å². The summed E-state index contributed by atoms with van der Waals surface area (Å²) in [6, 6.07) is 3.35. The molecule has 1 aromatic heterocycles. The van der Waals surface area contributed by atoms with E-state index in [1.165, 1.54) is 26.2 Å². The fourth-order valence-electron chi connectivity index (χ4n) is 6.37. The van der Waals surface area contributed by atoms with Crippen LogP contribution in [0.1, 0.15) is 89.1 Å². The van der Waals surface area contributed by atoms with Crippen molar-refractivity contribution in [3.8, 4) is 11.1 Å². The van der Waals surface area contributed by atoms with Crippen LogP contribution in [0.15, 0.2) is 34.8 Å². The lowest BCUT2D eigenvalue weighted by atomic mass is 9.81. The Bertz CT molecular complexity index is 1360. The second-order valence-electron chi connectivity index (χ2n) is 12.1. The number of carbonyl (C=O) groups is 3. The smallest absolute Gasteiger partial charge is 0.242 e. The number of benzene rings is 1. The number of nitrogens with one attached hydrogen (secondary N) is 1. The number of azo groups is 1. The molecular weight excluding hydrogens is 504 g/mol. The van der Waals surface area contributed by atoms with Gasteiger partial charge in [0.1, 0.15) is 11.9 Å². The van der Waals surface area contributed by atoms with Crippen molar-refractivity contribution in [1.82, 2.24) is 20.2 Å². The molecule has 1 aliphatic carbocycles. The lowest BCUT2D eigenvalue weighted by Gasteiger charge is -2.30. The number of ketones is 1. The zero-order chi connectivity index (χ0) is 28.7. The number of unbranched alkanes of at least 4 members (excludes halogenated alkanes) is 4. The van der Waals surface area contributed by atoms with Crippen LogP contribution in [0.4, 0.5) is 5.69 Å². The zero-order valence-corrected chi connectivity index (χ0v) is 24.3. The molecule has 1 saturated carbocycles. The predicted molar refractivity (Wildman–Crippen MR) is 152 cm³/mol. The van der Waals surface area contributed by atoms with E-state index in [-0.39, 0.29) is 35.5 Å². The van der Waals surface area contributed by atoms with Gasteiger partial charge in [-0.2, -0.15) is 10.2 Å². The minimum Gasteiger partial charge on any atom is -0.354 e. The van der Waals surface area contributed by atoms with E-state index in [0.717, 1.165) is 36.0 Å². The molecule has 5 rings (SSSR count). The molecule has 1 unspecified atom stereocenters. The van der Waals surface area contributed by atoms with Crippen molar-refractivity contribution in [2.24, 2.45) is 15.6 Å². The first-order valence-corrected chi connectivity index (χ1v) is 14.6. The van der Waals surface area contributed by atoms with E-state index in [4.69, 9.17) is 0 Å². The number of amides is 2. The molecule has 9 heteroatoms. The van der Waals surface area contributed by atoms with Gasteiger partial charge in [0.15, 0.2) is 11.3 Å². The Kier molecular flexibility index (Phi) is 7.59. The highest BCUT2D eigenvalue weighted by Gasteiger charge is 2.65. The Hall–Kier alpha value is -3.49. The minimum atomic E-state index is -1.42. The zero-order valence-electron chi connectivity index (χ0n) is 24.3. The van der Waals surface area contributed by atoms with Crippen molar-refractivity contribution >= 4 is 23.3 Å². The fourth-order valence-corrected chi connectivity index (χ4v) is 6.37. The number of likely N-dealkylation sites (tertiary alicyclic amines) is 1. The molecule has 1 saturated heterocycles. The number of rotatable bonds is 11. The van der Waals surface area contributed by atoms with Crippen LogP contribution in [0, 0.1) is 19.3 Å². The summed E-state index contributed by atoms with van der Waals surface area (Å²) in [6.45, 7) is 10.2. The molecule has 2 amide bonds. The average molecular weight is 545 g/mol. The first-order chi connectivity index (χ1) is 19.1. The number of piperidine rings is 1. The summed E-state index contributed by atoms with van der Waals surface area (Å²) in [4.78, 5) is 50.9. The minimum absolute atomic E-state index is 0.0138. The first-order valence-electron chi connectivity index (χ1n) is 14.6. The van der Waals surface area contributed by atoms with Gasteiger partial charge < -0.3 is 10.2 Å². The van der Waals surface area contributed by atoms with Crippen molar-refractivity contribution in [3.63, 3.8) is 0 Å². The molecular formula is C31H40N6O3. The standard InChI is InChI=1S/C31H40N6O3/c1-6-7-8-9-10-11-32-29(40)25-14-30(5)15-26(30)37(25)27(39)16-31(20(3)38)24-13-22(12-19(2)28(24)35-36-31)23-17-33-21(4)34-18-23/h12-13,17-18,25-26H,6-11,14-16H2,1-5H3,(H,32,40)/t25-,26+,30-,31?/m0/s1. The molecule has 40 heavy (non-hydrogen) atoms.